The Labute approximate surface area is 168 Å². The quantitative estimate of drug-likeness (QED) is 0.704. The number of anilines is 2. The highest BCUT2D eigenvalue weighted by atomic mass is 35.5. The monoisotopic (exact) mass is 409 g/mol. The highest BCUT2D eigenvalue weighted by molar-refractivity contribution is 6.30. The van der Waals surface area contributed by atoms with Crippen molar-refractivity contribution in [3.8, 4) is 0 Å². The van der Waals surface area contributed by atoms with Gasteiger partial charge >= 0.3 is 0 Å². The molecule has 1 aliphatic rings. The zero-order valence-corrected chi connectivity index (χ0v) is 16.1. The Balaban J connectivity index is 0.00000261. The Kier molecular flexibility index (Phi) is 7.62. The minimum Gasteiger partial charge on any atom is -0.364 e. The molecule has 0 unspecified atom stereocenters. The normalized spacial score (nSPS) is 18.4. The number of hydrogen-bond acceptors (Lipinski definition) is 4. The second-order valence-corrected chi connectivity index (χ2v) is 6.52. The second kappa shape index (κ2) is 9.71. The van der Waals surface area contributed by atoms with Crippen molar-refractivity contribution in [3.63, 3.8) is 0 Å². The molecule has 0 spiro atoms. The van der Waals surface area contributed by atoms with Gasteiger partial charge in [-0.1, -0.05) is 11.6 Å². The number of ether oxygens (including phenoxy) is 1. The smallest absolute Gasteiger partial charge is 0.255 e. The predicted octanol–water partition coefficient (Wildman–Crippen LogP) is 3.46. The molecule has 8 heteroatoms. The van der Waals surface area contributed by atoms with Crippen molar-refractivity contribution in [1.82, 2.24) is 0 Å². The van der Waals surface area contributed by atoms with Crippen LogP contribution in [0, 0.1) is 0 Å². The first-order valence-corrected chi connectivity index (χ1v) is 8.76. The number of amides is 2. The lowest BCUT2D eigenvalue weighted by atomic mass is 10.2. The summed E-state index contributed by atoms with van der Waals surface area (Å²) < 4.78 is 5.57. The van der Waals surface area contributed by atoms with Gasteiger partial charge in [-0.15, -0.1) is 12.4 Å². The van der Waals surface area contributed by atoms with E-state index in [4.69, 9.17) is 22.1 Å². The average Bonchev–Trinajstić information content (AvgIpc) is 3.13. The molecule has 144 valence electrons. The first-order valence-electron chi connectivity index (χ1n) is 8.38. The average molecular weight is 410 g/mol. The molecule has 1 saturated heterocycles. The van der Waals surface area contributed by atoms with Crippen LogP contribution in [0.3, 0.4) is 0 Å². The van der Waals surface area contributed by atoms with Crippen LogP contribution in [-0.2, 0) is 9.53 Å². The molecule has 6 nitrogen and oxygen atoms in total. The Morgan fingerprint density at radius 3 is 2.15 bits per heavy atom. The van der Waals surface area contributed by atoms with Crippen molar-refractivity contribution in [3.05, 3.63) is 59.1 Å². The molecule has 0 saturated carbocycles. The minimum absolute atomic E-state index is 0. The summed E-state index contributed by atoms with van der Waals surface area (Å²) in [6.07, 6.45) is 0.955. The van der Waals surface area contributed by atoms with E-state index in [0.29, 0.717) is 34.9 Å². The van der Waals surface area contributed by atoms with Crippen molar-refractivity contribution < 1.29 is 14.3 Å². The third-order valence-electron chi connectivity index (χ3n) is 4.18. The number of rotatable bonds is 5. The summed E-state index contributed by atoms with van der Waals surface area (Å²) in [6, 6.07) is 13.5. The van der Waals surface area contributed by atoms with Gasteiger partial charge in [-0.05, 0) is 61.4 Å². The summed E-state index contributed by atoms with van der Waals surface area (Å²) in [6.45, 7) is 0.422. The van der Waals surface area contributed by atoms with Gasteiger partial charge in [0.2, 0.25) is 0 Å². The summed E-state index contributed by atoms with van der Waals surface area (Å²) in [7, 11) is 0. The molecule has 0 aliphatic carbocycles. The number of halogens is 2. The lowest BCUT2D eigenvalue weighted by Crippen LogP contribution is -2.29. The van der Waals surface area contributed by atoms with Crippen molar-refractivity contribution in [2.75, 3.05) is 17.2 Å². The molecule has 1 heterocycles. The molecule has 27 heavy (non-hydrogen) atoms. The molecule has 0 radical (unpaired) electrons. The maximum Gasteiger partial charge on any atom is 0.255 e. The fourth-order valence-electron chi connectivity index (χ4n) is 2.74. The lowest BCUT2D eigenvalue weighted by molar-refractivity contribution is -0.126. The van der Waals surface area contributed by atoms with Crippen LogP contribution in [0.25, 0.3) is 0 Å². The fourth-order valence-corrected chi connectivity index (χ4v) is 2.86. The van der Waals surface area contributed by atoms with E-state index in [0.717, 1.165) is 6.42 Å². The van der Waals surface area contributed by atoms with Crippen molar-refractivity contribution in [1.29, 1.82) is 0 Å². The number of nitrogens with two attached hydrogens (primary N) is 1. The molecule has 0 bridgehead atoms. The highest BCUT2D eigenvalue weighted by Gasteiger charge is 2.29. The van der Waals surface area contributed by atoms with E-state index in [2.05, 4.69) is 10.6 Å². The molecular weight excluding hydrogens is 389 g/mol. The predicted molar refractivity (Wildman–Crippen MR) is 109 cm³/mol. The summed E-state index contributed by atoms with van der Waals surface area (Å²) in [5.74, 6) is -0.412. The van der Waals surface area contributed by atoms with Crippen LogP contribution in [-0.4, -0.2) is 30.6 Å². The van der Waals surface area contributed by atoms with Gasteiger partial charge < -0.3 is 21.1 Å². The van der Waals surface area contributed by atoms with Crippen molar-refractivity contribution in [2.45, 2.75) is 25.0 Å². The van der Waals surface area contributed by atoms with Gasteiger partial charge in [0.1, 0.15) is 6.10 Å². The van der Waals surface area contributed by atoms with E-state index in [1.807, 2.05) is 0 Å². The van der Waals surface area contributed by atoms with Gasteiger partial charge in [-0.3, -0.25) is 9.59 Å². The Bertz CT molecular complexity index is 782. The summed E-state index contributed by atoms with van der Waals surface area (Å²) in [4.78, 5) is 24.4. The summed E-state index contributed by atoms with van der Waals surface area (Å²) in [5, 5.41) is 6.18. The molecule has 3 rings (SSSR count). The third-order valence-corrected chi connectivity index (χ3v) is 4.43. The van der Waals surface area contributed by atoms with Crippen LogP contribution in [0.1, 0.15) is 23.2 Å². The lowest BCUT2D eigenvalue weighted by Gasteiger charge is -2.13. The van der Waals surface area contributed by atoms with Crippen molar-refractivity contribution >= 4 is 47.2 Å². The van der Waals surface area contributed by atoms with Crippen LogP contribution >= 0.6 is 24.0 Å². The van der Waals surface area contributed by atoms with Crippen LogP contribution < -0.4 is 16.4 Å². The number of hydrogen-bond donors (Lipinski definition) is 3. The van der Waals surface area contributed by atoms with E-state index >= 15 is 0 Å². The van der Waals surface area contributed by atoms with E-state index in [-0.39, 0.29) is 30.3 Å². The number of nitrogens with one attached hydrogen (secondary N) is 2. The minimum atomic E-state index is -0.465. The number of carbonyl (C=O) groups is 2. The Hall–Kier alpha value is -2.12. The second-order valence-electron chi connectivity index (χ2n) is 6.09. The topological polar surface area (TPSA) is 93.5 Å². The van der Waals surface area contributed by atoms with Gasteiger partial charge in [-0.2, -0.15) is 0 Å². The third kappa shape index (κ3) is 5.68. The largest absolute Gasteiger partial charge is 0.364 e. The zero-order chi connectivity index (χ0) is 18.5. The molecule has 2 aromatic rings. The Morgan fingerprint density at radius 2 is 1.59 bits per heavy atom. The first-order chi connectivity index (χ1) is 12.5. The molecular formula is C19H21Cl2N3O3. The van der Waals surface area contributed by atoms with E-state index < -0.39 is 6.10 Å². The number of carbonyl (C=O) groups excluding carboxylic acids is 2. The highest BCUT2D eigenvalue weighted by Crippen LogP contribution is 2.21. The maximum absolute atomic E-state index is 12.2. The van der Waals surface area contributed by atoms with Gasteiger partial charge in [0.15, 0.2) is 0 Å². The number of benzene rings is 2. The first kappa shape index (κ1) is 21.2. The van der Waals surface area contributed by atoms with E-state index in [1.165, 1.54) is 0 Å². The van der Waals surface area contributed by atoms with Crippen LogP contribution in [0.15, 0.2) is 48.5 Å². The summed E-state index contributed by atoms with van der Waals surface area (Å²) >= 11 is 5.82. The molecule has 2 amide bonds. The molecule has 2 atom stereocenters. The Morgan fingerprint density at radius 1 is 1.00 bits per heavy atom. The fraction of sp³-hybridized carbons (Fsp3) is 0.263. The molecule has 2 aromatic carbocycles. The maximum atomic E-state index is 12.2. The van der Waals surface area contributed by atoms with Crippen molar-refractivity contribution in [2.24, 2.45) is 5.73 Å². The van der Waals surface area contributed by atoms with Gasteiger partial charge in [-0.25, -0.2) is 0 Å². The van der Waals surface area contributed by atoms with Gasteiger partial charge in [0.25, 0.3) is 11.8 Å². The molecule has 4 N–H and O–H groups in total. The van der Waals surface area contributed by atoms with E-state index in [9.17, 15) is 9.59 Å². The molecule has 0 aromatic heterocycles. The van der Waals surface area contributed by atoms with E-state index in [1.54, 1.807) is 48.5 Å². The van der Waals surface area contributed by atoms with Crippen LogP contribution in [0.2, 0.25) is 5.02 Å². The standard InChI is InChI=1S/C19H20ClN3O3.ClH/c20-13-3-1-12(2-4-13)18(24)22-14-5-7-15(8-6-14)23-19(25)17-10-9-16(11-21)26-17;/h1-8,16-17H,9-11,21H2,(H,22,24)(H,23,25);1H/t16-,17+;/m1./s1. The summed E-state index contributed by atoms with van der Waals surface area (Å²) in [5.41, 5.74) is 7.34. The van der Waals surface area contributed by atoms with Crippen LogP contribution in [0.5, 0.6) is 0 Å². The van der Waals surface area contributed by atoms with Gasteiger partial charge in [0.05, 0.1) is 6.10 Å². The van der Waals surface area contributed by atoms with Crippen LogP contribution in [0.4, 0.5) is 11.4 Å². The molecule has 1 aliphatic heterocycles. The molecule has 1 fully saturated rings. The van der Waals surface area contributed by atoms with Gasteiger partial charge in [0, 0.05) is 28.5 Å². The zero-order valence-electron chi connectivity index (χ0n) is 14.5. The SMILES string of the molecule is Cl.NC[C@H]1CC[C@@H](C(=O)Nc2ccc(NC(=O)c3ccc(Cl)cc3)cc2)O1.